The molecule has 1 saturated heterocycles. The quantitative estimate of drug-likeness (QED) is 0.682. The first-order valence-corrected chi connectivity index (χ1v) is 11.6. The van der Waals surface area contributed by atoms with Crippen LogP contribution in [0.25, 0.3) is 0 Å². The molecule has 2 aromatic carbocycles. The highest BCUT2D eigenvalue weighted by molar-refractivity contribution is 7.89. The van der Waals surface area contributed by atoms with Crippen molar-refractivity contribution in [3.8, 4) is 0 Å². The first-order chi connectivity index (χ1) is 14.7. The molecule has 0 aromatic heterocycles. The van der Waals surface area contributed by atoms with Gasteiger partial charge in [0.05, 0.1) is 4.90 Å². The second kappa shape index (κ2) is 9.57. The number of hydrogen-bond donors (Lipinski definition) is 2. The molecule has 0 unspecified atom stereocenters. The molecule has 3 rings (SSSR count). The molecule has 1 fully saturated rings. The summed E-state index contributed by atoms with van der Waals surface area (Å²) in [6.07, 6.45) is 1.71. The summed E-state index contributed by atoms with van der Waals surface area (Å²) in [6, 6.07) is 10.2. The second-order valence-corrected chi connectivity index (χ2v) is 9.76. The van der Waals surface area contributed by atoms with Crippen LogP contribution in [0.1, 0.15) is 37.0 Å². The van der Waals surface area contributed by atoms with E-state index in [9.17, 15) is 22.4 Å². The van der Waals surface area contributed by atoms with E-state index in [0.717, 1.165) is 12.8 Å². The molecule has 1 heterocycles. The summed E-state index contributed by atoms with van der Waals surface area (Å²) in [7, 11) is -3.53. The van der Waals surface area contributed by atoms with E-state index in [0.29, 0.717) is 18.8 Å². The van der Waals surface area contributed by atoms with Crippen molar-refractivity contribution in [1.29, 1.82) is 0 Å². The standard InChI is InChI=1S/C22H26FN3O4S/c1-15(2)20(25-21(27)16-5-7-17(23)8-6-16)22(28)24-18-9-11-19(12-10-18)31(29,30)26-13-3-4-14-26/h5-12,15,20H,3-4,13-14H2,1-2H3,(H,24,28)(H,25,27)/t20-/m1/s1. The summed E-state index contributed by atoms with van der Waals surface area (Å²) in [5.74, 6) is -1.58. The van der Waals surface area contributed by atoms with E-state index < -0.39 is 33.7 Å². The van der Waals surface area contributed by atoms with E-state index in [1.54, 1.807) is 13.8 Å². The second-order valence-electron chi connectivity index (χ2n) is 7.83. The van der Waals surface area contributed by atoms with E-state index in [-0.39, 0.29) is 16.4 Å². The molecular formula is C22H26FN3O4S. The fourth-order valence-corrected chi connectivity index (χ4v) is 4.89. The van der Waals surface area contributed by atoms with E-state index in [1.165, 1.54) is 52.8 Å². The molecule has 0 spiro atoms. The largest absolute Gasteiger partial charge is 0.340 e. The molecule has 1 aliphatic rings. The predicted molar refractivity (Wildman–Crippen MR) is 116 cm³/mol. The molecule has 2 amide bonds. The molecule has 7 nitrogen and oxygen atoms in total. The lowest BCUT2D eigenvalue weighted by Gasteiger charge is -2.22. The lowest BCUT2D eigenvalue weighted by molar-refractivity contribution is -0.118. The molecule has 166 valence electrons. The maximum atomic E-state index is 13.1. The van der Waals surface area contributed by atoms with Gasteiger partial charge in [-0.15, -0.1) is 0 Å². The SMILES string of the molecule is CC(C)[C@@H](NC(=O)c1ccc(F)cc1)C(=O)Nc1ccc(S(=O)(=O)N2CCCC2)cc1. The van der Waals surface area contributed by atoms with E-state index >= 15 is 0 Å². The van der Waals surface area contributed by atoms with Gasteiger partial charge in [-0.2, -0.15) is 4.31 Å². The van der Waals surface area contributed by atoms with Crippen molar-refractivity contribution in [2.75, 3.05) is 18.4 Å². The third-order valence-electron chi connectivity index (χ3n) is 5.17. The Morgan fingerprint density at radius 2 is 1.55 bits per heavy atom. The average Bonchev–Trinajstić information content (AvgIpc) is 3.28. The molecule has 0 saturated carbocycles. The molecule has 0 aliphatic carbocycles. The number of amides is 2. The summed E-state index contributed by atoms with van der Waals surface area (Å²) >= 11 is 0. The zero-order valence-corrected chi connectivity index (χ0v) is 18.3. The highest BCUT2D eigenvalue weighted by Gasteiger charge is 2.28. The number of nitrogens with one attached hydrogen (secondary N) is 2. The van der Waals surface area contributed by atoms with Crippen molar-refractivity contribution >= 4 is 27.5 Å². The van der Waals surface area contributed by atoms with Gasteiger partial charge in [0.1, 0.15) is 11.9 Å². The first-order valence-electron chi connectivity index (χ1n) is 10.2. The van der Waals surface area contributed by atoms with Crippen LogP contribution in [0.15, 0.2) is 53.4 Å². The van der Waals surface area contributed by atoms with Gasteiger partial charge in [0, 0.05) is 24.3 Å². The minimum Gasteiger partial charge on any atom is -0.340 e. The van der Waals surface area contributed by atoms with Crippen molar-refractivity contribution in [1.82, 2.24) is 9.62 Å². The Morgan fingerprint density at radius 3 is 2.10 bits per heavy atom. The summed E-state index contributed by atoms with van der Waals surface area (Å²) in [5.41, 5.74) is 0.670. The molecular weight excluding hydrogens is 421 g/mol. The Bertz CT molecular complexity index is 1030. The summed E-state index contributed by atoms with van der Waals surface area (Å²) in [6.45, 7) is 4.62. The summed E-state index contributed by atoms with van der Waals surface area (Å²) < 4.78 is 39.7. The van der Waals surface area contributed by atoms with Crippen LogP contribution < -0.4 is 10.6 Å². The fourth-order valence-electron chi connectivity index (χ4n) is 3.37. The number of carbonyl (C=O) groups excluding carboxylic acids is 2. The highest BCUT2D eigenvalue weighted by atomic mass is 32.2. The number of rotatable bonds is 7. The van der Waals surface area contributed by atoms with Crippen molar-refractivity contribution in [2.45, 2.75) is 37.6 Å². The van der Waals surface area contributed by atoms with E-state index in [4.69, 9.17) is 0 Å². The summed E-state index contributed by atoms with van der Waals surface area (Å²) in [4.78, 5) is 25.4. The van der Waals surface area contributed by atoms with E-state index in [2.05, 4.69) is 10.6 Å². The first kappa shape index (κ1) is 22.9. The number of nitrogens with zero attached hydrogens (tertiary/aromatic N) is 1. The van der Waals surface area contributed by atoms with Gasteiger partial charge in [-0.05, 0) is 67.3 Å². The zero-order chi connectivity index (χ0) is 22.6. The molecule has 1 atom stereocenters. The van der Waals surface area contributed by atoms with Crippen LogP contribution >= 0.6 is 0 Å². The Labute approximate surface area is 181 Å². The molecule has 9 heteroatoms. The number of benzene rings is 2. The van der Waals surface area contributed by atoms with Crippen molar-refractivity contribution in [3.63, 3.8) is 0 Å². The third-order valence-corrected chi connectivity index (χ3v) is 7.08. The zero-order valence-electron chi connectivity index (χ0n) is 17.5. The number of halogens is 1. The fraction of sp³-hybridized carbons (Fsp3) is 0.364. The number of anilines is 1. The Kier molecular flexibility index (Phi) is 7.07. The number of hydrogen-bond acceptors (Lipinski definition) is 4. The van der Waals surface area contributed by atoms with Crippen LogP contribution in [0.4, 0.5) is 10.1 Å². The van der Waals surface area contributed by atoms with Crippen LogP contribution in [-0.4, -0.2) is 43.7 Å². The molecule has 31 heavy (non-hydrogen) atoms. The Hall–Kier alpha value is -2.78. The van der Waals surface area contributed by atoms with Gasteiger partial charge in [0.15, 0.2) is 0 Å². The third kappa shape index (κ3) is 5.48. The summed E-state index contributed by atoms with van der Waals surface area (Å²) in [5, 5.41) is 5.38. The smallest absolute Gasteiger partial charge is 0.251 e. The van der Waals surface area contributed by atoms with Gasteiger partial charge in [-0.1, -0.05) is 13.8 Å². The monoisotopic (exact) mass is 447 g/mol. The van der Waals surface area contributed by atoms with Gasteiger partial charge in [-0.3, -0.25) is 9.59 Å². The van der Waals surface area contributed by atoms with Crippen molar-refractivity contribution in [2.24, 2.45) is 5.92 Å². The minimum atomic E-state index is -3.53. The predicted octanol–water partition coefficient (Wildman–Crippen LogP) is 3.00. The van der Waals surface area contributed by atoms with Gasteiger partial charge < -0.3 is 10.6 Å². The van der Waals surface area contributed by atoms with Crippen molar-refractivity contribution < 1.29 is 22.4 Å². The number of sulfonamides is 1. The van der Waals surface area contributed by atoms with Crippen LogP contribution in [0.3, 0.4) is 0 Å². The normalized spacial score (nSPS) is 15.6. The molecule has 1 aliphatic heterocycles. The van der Waals surface area contributed by atoms with E-state index in [1.807, 2.05) is 0 Å². The molecule has 2 N–H and O–H groups in total. The lowest BCUT2D eigenvalue weighted by Crippen LogP contribution is -2.47. The molecule has 2 aromatic rings. The van der Waals surface area contributed by atoms with Gasteiger partial charge in [0.25, 0.3) is 5.91 Å². The highest BCUT2D eigenvalue weighted by Crippen LogP contribution is 2.22. The lowest BCUT2D eigenvalue weighted by atomic mass is 10.0. The average molecular weight is 448 g/mol. The van der Waals surface area contributed by atoms with Crippen molar-refractivity contribution in [3.05, 3.63) is 59.9 Å². The van der Waals surface area contributed by atoms with Crippen LogP contribution in [0, 0.1) is 11.7 Å². The van der Waals surface area contributed by atoms with Gasteiger partial charge in [0.2, 0.25) is 15.9 Å². The molecule has 0 radical (unpaired) electrons. The molecule has 0 bridgehead atoms. The van der Waals surface area contributed by atoms with Gasteiger partial charge >= 0.3 is 0 Å². The van der Waals surface area contributed by atoms with Gasteiger partial charge in [-0.25, -0.2) is 12.8 Å². The topological polar surface area (TPSA) is 95.6 Å². The Balaban J connectivity index is 1.67. The van der Waals surface area contributed by atoms with Crippen LogP contribution in [-0.2, 0) is 14.8 Å². The maximum Gasteiger partial charge on any atom is 0.251 e. The van der Waals surface area contributed by atoms with Crippen LogP contribution in [0.2, 0.25) is 0 Å². The van der Waals surface area contributed by atoms with Crippen LogP contribution in [0.5, 0.6) is 0 Å². The minimum absolute atomic E-state index is 0.178. The number of carbonyl (C=O) groups is 2. The Morgan fingerprint density at radius 1 is 0.968 bits per heavy atom. The maximum absolute atomic E-state index is 13.1.